The van der Waals surface area contributed by atoms with Crippen molar-refractivity contribution >= 4 is 17.4 Å². The molecule has 3 N–H and O–H groups in total. The van der Waals surface area contributed by atoms with Gasteiger partial charge in [-0.3, -0.25) is 24.0 Å². The largest absolute Gasteiger partial charge is 0.496 e. The molecule has 0 saturated carbocycles. The van der Waals surface area contributed by atoms with E-state index in [4.69, 9.17) is 10.5 Å². The van der Waals surface area contributed by atoms with Crippen LogP contribution in [0.15, 0.2) is 58.1 Å². The summed E-state index contributed by atoms with van der Waals surface area (Å²) in [5.41, 5.74) is 5.47. The number of unbranched alkanes of at least 4 members (excludes halogenated alkanes) is 1. The molecule has 0 saturated heterocycles. The second-order valence-electron chi connectivity index (χ2n) is 7.56. The van der Waals surface area contributed by atoms with Crippen LogP contribution >= 0.6 is 0 Å². The third-order valence-electron chi connectivity index (χ3n) is 5.34. The maximum absolute atomic E-state index is 14.2. The number of aromatic nitrogens is 2. The lowest BCUT2D eigenvalue weighted by Gasteiger charge is -2.25. The smallest absolute Gasteiger partial charge is 0.330 e. The molecule has 1 amide bonds. The van der Waals surface area contributed by atoms with Gasteiger partial charge in [-0.2, -0.15) is 0 Å². The van der Waals surface area contributed by atoms with Crippen LogP contribution in [0.25, 0.3) is 0 Å². The van der Waals surface area contributed by atoms with Crippen LogP contribution in [-0.2, 0) is 24.3 Å². The Balaban J connectivity index is 2.12. The molecule has 0 atom stereocenters. The van der Waals surface area contributed by atoms with E-state index in [-0.39, 0.29) is 36.6 Å². The van der Waals surface area contributed by atoms with Crippen molar-refractivity contribution in [2.45, 2.75) is 39.3 Å². The van der Waals surface area contributed by atoms with Gasteiger partial charge >= 0.3 is 5.69 Å². The highest BCUT2D eigenvalue weighted by Gasteiger charge is 2.26. The van der Waals surface area contributed by atoms with Crippen LogP contribution in [0.3, 0.4) is 0 Å². The molecule has 2 aromatic carbocycles. The Bertz CT molecular complexity index is 1250. The van der Waals surface area contributed by atoms with Gasteiger partial charge in [-0.25, -0.2) is 9.18 Å². The fourth-order valence-electron chi connectivity index (χ4n) is 3.57. The number of H-pyrrole nitrogens is 1. The topological polar surface area (TPSA) is 110 Å². The fraction of sp³-hybridized carbons (Fsp3) is 0.292. The van der Waals surface area contributed by atoms with E-state index in [0.29, 0.717) is 17.7 Å². The second kappa shape index (κ2) is 10.6. The number of rotatable bonds is 9. The number of halogens is 1. The number of para-hydroxylation sites is 1. The maximum atomic E-state index is 14.2. The molecule has 0 aliphatic heterocycles. The highest BCUT2D eigenvalue weighted by molar-refractivity contribution is 5.96. The summed E-state index contributed by atoms with van der Waals surface area (Å²) in [7, 11) is 1.50. The van der Waals surface area contributed by atoms with Crippen LogP contribution in [0.1, 0.15) is 30.9 Å². The summed E-state index contributed by atoms with van der Waals surface area (Å²) in [5, 5.41) is 0. The summed E-state index contributed by atoms with van der Waals surface area (Å²) in [4.78, 5) is 42.1. The minimum absolute atomic E-state index is 0.0590. The number of aromatic amines is 1. The van der Waals surface area contributed by atoms with Gasteiger partial charge in [0.15, 0.2) is 5.69 Å². The molecule has 0 unspecified atom stereocenters. The summed E-state index contributed by atoms with van der Waals surface area (Å²) in [6.07, 6.45) is 1.16. The van der Waals surface area contributed by atoms with E-state index >= 15 is 0 Å². The number of anilines is 2. The number of nitrogen functional groups attached to an aromatic ring is 1. The minimum atomic E-state index is -0.790. The van der Waals surface area contributed by atoms with Gasteiger partial charge in [-0.05, 0) is 24.1 Å². The number of benzene rings is 2. The zero-order valence-corrected chi connectivity index (χ0v) is 18.6. The lowest BCUT2D eigenvalue weighted by molar-refractivity contribution is -0.118. The molecule has 33 heavy (non-hydrogen) atoms. The number of carbonyl (C=O) groups is 1. The molecular weight excluding hydrogens is 427 g/mol. The first-order valence-electron chi connectivity index (χ1n) is 10.7. The molecule has 0 aliphatic rings. The molecule has 8 nitrogen and oxygen atoms in total. The van der Waals surface area contributed by atoms with Crippen molar-refractivity contribution in [1.29, 1.82) is 0 Å². The lowest BCUT2D eigenvalue weighted by Crippen LogP contribution is -2.41. The van der Waals surface area contributed by atoms with Crippen LogP contribution in [0.5, 0.6) is 5.75 Å². The summed E-state index contributed by atoms with van der Waals surface area (Å²) < 4.78 is 20.9. The Morgan fingerprint density at radius 3 is 2.45 bits per heavy atom. The molecule has 0 spiro atoms. The molecule has 1 heterocycles. The molecule has 0 fully saturated rings. The first kappa shape index (κ1) is 23.8. The number of methoxy groups -OCH3 is 1. The van der Waals surface area contributed by atoms with E-state index < -0.39 is 23.0 Å². The van der Waals surface area contributed by atoms with Crippen molar-refractivity contribution in [3.05, 3.63) is 86.3 Å². The summed E-state index contributed by atoms with van der Waals surface area (Å²) in [5.74, 6) is -0.689. The van der Waals surface area contributed by atoms with E-state index in [0.717, 1.165) is 6.42 Å². The van der Waals surface area contributed by atoms with E-state index in [9.17, 15) is 18.8 Å². The summed E-state index contributed by atoms with van der Waals surface area (Å²) >= 11 is 0. The van der Waals surface area contributed by atoms with E-state index in [2.05, 4.69) is 4.98 Å². The number of nitrogens with zero attached hydrogens (tertiary/aromatic N) is 2. The second-order valence-corrected chi connectivity index (χ2v) is 7.56. The average Bonchev–Trinajstić information content (AvgIpc) is 2.80. The van der Waals surface area contributed by atoms with E-state index in [1.165, 1.54) is 34.8 Å². The van der Waals surface area contributed by atoms with Crippen LogP contribution in [-0.4, -0.2) is 22.6 Å². The number of amides is 1. The van der Waals surface area contributed by atoms with E-state index in [1.807, 2.05) is 6.92 Å². The Labute approximate surface area is 190 Å². The SMILES string of the molecule is CCCCn1c(N)c(N(Cc2ccccc2OC)C(=O)Cc2ccccc2F)c(=O)[nH]c1=O. The van der Waals surface area contributed by atoms with Crippen LogP contribution in [0.2, 0.25) is 0 Å². The number of hydrogen-bond acceptors (Lipinski definition) is 5. The van der Waals surface area contributed by atoms with Crippen molar-refractivity contribution in [3.8, 4) is 5.75 Å². The number of ether oxygens (including phenoxy) is 1. The Hall–Kier alpha value is -3.88. The van der Waals surface area contributed by atoms with Gasteiger partial charge in [0.2, 0.25) is 5.91 Å². The highest BCUT2D eigenvalue weighted by atomic mass is 19.1. The number of nitrogens with two attached hydrogens (primary N) is 1. The minimum Gasteiger partial charge on any atom is -0.496 e. The molecule has 3 aromatic rings. The van der Waals surface area contributed by atoms with Crippen LogP contribution in [0.4, 0.5) is 15.9 Å². The van der Waals surface area contributed by atoms with Crippen molar-refractivity contribution in [1.82, 2.24) is 9.55 Å². The Kier molecular flexibility index (Phi) is 7.66. The third kappa shape index (κ3) is 5.31. The molecule has 3 rings (SSSR count). The quantitative estimate of drug-likeness (QED) is 0.517. The van der Waals surface area contributed by atoms with Crippen molar-refractivity contribution in [2.24, 2.45) is 0 Å². The van der Waals surface area contributed by atoms with Crippen LogP contribution < -0.4 is 26.6 Å². The highest BCUT2D eigenvalue weighted by Crippen LogP contribution is 2.25. The van der Waals surface area contributed by atoms with Gasteiger partial charge in [0.25, 0.3) is 5.56 Å². The monoisotopic (exact) mass is 454 g/mol. The first-order chi connectivity index (χ1) is 15.9. The molecule has 0 radical (unpaired) electrons. The van der Waals surface area contributed by atoms with E-state index in [1.54, 1.807) is 30.3 Å². The molecule has 0 aliphatic carbocycles. The van der Waals surface area contributed by atoms with Crippen molar-refractivity contribution in [2.75, 3.05) is 17.7 Å². The standard InChI is InChI=1S/C24H27FN4O4/c1-3-4-13-28-22(26)21(23(31)27-24(28)32)29(15-17-10-6-8-12-19(17)33-2)20(30)14-16-9-5-7-11-18(16)25/h5-12H,3-4,13-15,26H2,1-2H3,(H,27,31,32). The first-order valence-corrected chi connectivity index (χ1v) is 10.7. The summed E-state index contributed by atoms with van der Waals surface area (Å²) in [6.45, 7) is 2.19. The number of carbonyl (C=O) groups excluding carboxylic acids is 1. The van der Waals surface area contributed by atoms with Gasteiger partial charge in [-0.15, -0.1) is 0 Å². The maximum Gasteiger partial charge on any atom is 0.330 e. The van der Waals surface area contributed by atoms with Gasteiger partial charge in [0, 0.05) is 12.1 Å². The lowest BCUT2D eigenvalue weighted by atomic mass is 10.1. The molecule has 0 bridgehead atoms. The normalized spacial score (nSPS) is 10.8. The fourth-order valence-corrected chi connectivity index (χ4v) is 3.57. The van der Waals surface area contributed by atoms with Crippen molar-refractivity contribution < 1.29 is 13.9 Å². The van der Waals surface area contributed by atoms with Gasteiger partial charge in [0.05, 0.1) is 20.1 Å². The third-order valence-corrected chi connectivity index (χ3v) is 5.34. The average molecular weight is 455 g/mol. The van der Waals surface area contributed by atoms with Gasteiger partial charge in [0.1, 0.15) is 17.4 Å². The Morgan fingerprint density at radius 2 is 1.79 bits per heavy atom. The van der Waals surface area contributed by atoms with Crippen LogP contribution in [0, 0.1) is 5.82 Å². The zero-order valence-electron chi connectivity index (χ0n) is 18.6. The zero-order chi connectivity index (χ0) is 24.0. The van der Waals surface area contributed by atoms with Crippen molar-refractivity contribution in [3.63, 3.8) is 0 Å². The molecule has 174 valence electrons. The Morgan fingerprint density at radius 1 is 1.12 bits per heavy atom. The predicted octanol–water partition coefficient (Wildman–Crippen LogP) is 2.84. The summed E-state index contributed by atoms with van der Waals surface area (Å²) in [6, 6.07) is 12.9. The predicted molar refractivity (Wildman–Crippen MR) is 125 cm³/mol. The van der Waals surface area contributed by atoms with Gasteiger partial charge < -0.3 is 10.5 Å². The molecular formula is C24H27FN4O4. The molecule has 9 heteroatoms. The van der Waals surface area contributed by atoms with Gasteiger partial charge in [-0.1, -0.05) is 49.7 Å². The number of hydrogen-bond donors (Lipinski definition) is 2. The number of nitrogens with one attached hydrogen (secondary N) is 1. The molecule has 1 aromatic heterocycles.